The maximum Gasteiger partial charge on any atom is 0.225 e. The summed E-state index contributed by atoms with van der Waals surface area (Å²) < 4.78 is 0. The van der Waals surface area contributed by atoms with Crippen molar-refractivity contribution in [1.29, 1.82) is 0 Å². The zero-order valence-corrected chi connectivity index (χ0v) is 9.40. The minimum atomic E-state index is 0.124. The van der Waals surface area contributed by atoms with Crippen LogP contribution in [0.3, 0.4) is 0 Å². The Morgan fingerprint density at radius 2 is 2.20 bits per heavy atom. The van der Waals surface area contributed by atoms with E-state index in [1.807, 2.05) is 25.2 Å². The van der Waals surface area contributed by atoms with E-state index in [1.165, 1.54) is 12.8 Å². The molecule has 0 saturated heterocycles. The predicted octanol–water partition coefficient (Wildman–Crippen LogP) is 1.27. The van der Waals surface area contributed by atoms with Crippen molar-refractivity contribution in [2.45, 2.75) is 31.7 Å². The summed E-state index contributed by atoms with van der Waals surface area (Å²) in [5.41, 5.74) is 8.35. The van der Waals surface area contributed by atoms with Gasteiger partial charge in [-0.25, -0.2) is 9.97 Å². The Bertz CT molecular complexity index is 348. The fourth-order valence-electron chi connectivity index (χ4n) is 1.95. The molecule has 0 bridgehead atoms. The van der Waals surface area contributed by atoms with Crippen molar-refractivity contribution >= 4 is 5.95 Å². The molecule has 0 aromatic carbocycles. The number of nitrogens with zero attached hydrogens (tertiary/aromatic N) is 3. The third-order valence-corrected chi connectivity index (χ3v) is 2.87. The zero-order valence-electron chi connectivity index (χ0n) is 9.40. The Balaban J connectivity index is 2.38. The molecule has 0 fully saturated rings. The van der Waals surface area contributed by atoms with Gasteiger partial charge in [0.05, 0.1) is 5.69 Å². The minimum Gasteiger partial charge on any atom is -0.347 e. The van der Waals surface area contributed by atoms with Crippen molar-refractivity contribution in [3.8, 4) is 0 Å². The maximum atomic E-state index is 6.08. The lowest BCUT2D eigenvalue weighted by molar-refractivity contribution is 0.614. The van der Waals surface area contributed by atoms with Crippen LogP contribution in [0.4, 0.5) is 5.95 Å². The molecule has 15 heavy (non-hydrogen) atoms. The first-order chi connectivity index (χ1) is 7.18. The quantitative estimate of drug-likeness (QED) is 0.703. The molecule has 1 unspecified atom stereocenters. The van der Waals surface area contributed by atoms with E-state index in [0.717, 1.165) is 30.0 Å². The lowest BCUT2D eigenvalue weighted by atomic mass is 10.1. The molecule has 1 aromatic heterocycles. The van der Waals surface area contributed by atoms with Crippen molar-refractivity contribution < 1.29 is 0 Å². The summed E-state index contributed by atoms with van der Waals surface area (Å²) >= 11 is 0. The van der Waals surface area contributed by atoms with E-state index < -0.39 is 0 Å². The Hall–Kier alpha value is -1.16. The summed E-state index contributed by atoms with van der Waals surface area (Å²) in [6.07, 6.45) is 6.36. The number of aryl methyl sites for hydroxylation is 1. The van der Waals surface area contributed by atoms with Gasteiger partial charge in [0.1, 0.15) is 0 Å². The van der Waals surface area contributed by atoms with Crippen LogP contribution in [0, 0.1) is 0 Å². The van der Waals surface area contributed by atoms with Gasteiger partial charge in [-0.1, -0.05) is 6.42 Å². The van der Waals surface area contributed by atoms with Crippen molar-refractivity contribution in [2.75, 3.05) is 19.0 Å². The number of anilines is 1. The lowest BCUT2D eigenvalue weighted by Crippen LogP contribution is -2.17. The van der Waals surface area contributed by atoms with Crippen LogP contribution in [0.5, 0.6) is 0 Å². The topological polar surface area (TPSA) is 55.0 Å². The van der Waals surface area contributed by atoms with Crippen LogP contribution in [0.25, 0.3) is 0 Å². The van der Waals surface area contributed by atoms with Gasteiger partial charge in [0.15, 0.2) is 0 Å². The molecule has 4 heteroatoms. The first-order valence-corrected chi connectivity index (χ1v) is 5.47. The summed E-state index contributed by atoms with van der Waals surface area (Å²) in [5, 5.41) is 0. The zero-order chi connectivity index (χ0) is 10.8. The number of hydrogen-bond donors (Lipinski definition) is 1. The van der Waals surface area contributed by atoms with Crippen molar-refractivity contribution in [3.05, 3.63) is 17.5 Å². The average Bonchev–Trinajstić information content (AvgIpc) is 2.40. The third-order valence-electron chi connectivity index (χ3n) is 2.87. The van der Waals surface area contributed by atoms with Gasteiger partial charge in [-0.2, -0.15) is 0 Å². The Morgan fingerprint density at radius 1 is 1.40 bits per heavy atom. The van der Waals surface area contributed by atoms with Crippen LogP contribution >= 0.6 is 0 Å². The standard InChI is InChI=1S/C11H18N4/c1-15(2)11-13-7-8-9(12)5-3-4-6-10(8)14-11/h7,9H,3-6,12H2,1-2H3. The summed E-state index contributed by atoms with van der Waals surface area (Å²) in [7, 11) is 3.91. The molecule has 4 nitrogen and oxygen atoms in total. The molecule has 2 N–H and O–H groups in total. The molecule has 0 radical (unpaired) electrons. The minimum absolute atomic E-state index is 0.124. The first-order valence-electron chi connectivity index (χ1n) is 5.47. The molecule has 2 rings (SSSR count). The highest BCUT2D eigenvalue weighted by Gasteiger charge is 2.17. The van der Waals surface area contributed by atoms with Crippen LogP contribution in [-0.2, 0) is 6.42 Å². The first kappa shape index (κ1) is 10.4. The molecular formula is C11H18N4. The van der Waals surface area contributed by atoms with E-state index in [-0.39, 0.29) is 6.04 Å². The summed E-state index contributed by atoms with van der Waals surface area (Å²) in [5.74, 6) is 0.780. The lowest BCUT2D eigenvalue weighted by Gasteiger charge is -2.15. The summed E-state index contributed by atoms with van der Waals surface area (Å²) in [4.78, 5) is 10.8. The molecule has 1 aliphatic carbocycles. The van der Waals surface area contributed by atoms with Gasteiger partial charge in [-0.15, -0.1) is 0 Å². The van der Waals surface area contributed by atoms with Gasteiger partial charge in [-0.05, 0) is 19.3 Å². The Labute approximate surface area is 90.5 Å². The van der Waals surface area contributed by atoms with Crippen molar-refractivity contribution in [3.63, 3.8) is 0 Å². The van der Waals surface area contributed by atoms with E-state index in [1.54, 1.807) is 0 Å². The second kappa shape index (κ2) is 4.14. The fraction of sp³-hybridized carbons (Fsp3) is 0.636. The monoisotopic (exact) mass is 206 g/mol. The second-order valence-corrected chi connectivity index (χ2v) is 4.32. The molecule has 1 atom stereocenters. The van der Waals surface area contributed by atoms with Gasteiger partial charge < -0.3 is 10.6 Å². The third kappa shape index (κ3) is 2.09. The maximum absolute atomic E-state index is 6.08. The summed E-state index contributed by atoms with van der Waals surface area (Å²) in [6.45, 7) is 0. The van der Waals surface area contributed by atoms with Crippen LogP contribution in [-0.4, -0.2) is 24.1 Å². The van der Waals surface area contributed by atoms with Gasteiger partial charge in [0.25, 0.3) is 0 Å². The van der Waals surface area contributed by atoms with E-state index in [4.69, 9.17) is 5.73 Å². The van der Waals surface area contributed by atoms with Crippen molar-refractivity contribution in [2.24, 2.45) is 5.73 Å². The largest absolute Gasteiger partial charge is 0.347 e. The molecule has 1 aromatic rings. The fourth-order valence-corrected chi connectivity index (χ4v) is 1.95. The highest BCUT2D eigenvalue weighted by molar-refractivity contribution is 5.33. The van der Waals surface area contributed by atoms with Crippen LogP contribution in [0.15, 0.2) is 6.20 Å². The molecular weight excluding hydrogens is 188 g/mol. The van der Waals surface area contributed by atoms with E-state index >= 15 is 0 Å². The normalized spacial score (nSPS) is 20.6. The van der Waals surface area contributed by atoms with E-state index in [0.29, 0.717) is 0 Å². The number of rotatable bonds is 1. The van der Waals surface area contributed by atoms with Crippen molar-refractivity contribution in [1.82, 2.24) is 9.97 Å². The molecule has 0 aliphatic heterocycles. The Morgan fingerprint density at radius 3 is 2.93 bits per heavy atom. The number of fused-ring (bicyclic) bond motifs is 1. The van der Waals surface area contributed by atoms with Gasteiger partial charge in [-0.3, -0.25) is 0 Å². The average molecular weight is 206 g/mol. The second-order valence-electron chi connectivity index (χ2n) is 4.32. The van der Waals surface area contributed by atoms with Crippen LogP contribution < -0.4 is 10.6 Å². The van der Waals surface area contributed by atoms with E-state index in [9.17, 15) is 0 Å². The highest BCUT2D eigenvalue weighted by atomic mass is 15.2. The molecule has 0 amide bonds. The SMILES string of the molecule is CN(C)c1ncc2c(n1)CCCCC2N. The van der Waals surface area contributed by atoms with Gasteiger partial charge in [0.2, 0.25) is 5.95 Å². The smallest absolute Gasteiger partial charge is 0.225 e. The Kier molecular flexibility index (Phi) is 2.86. The molecule has 1 aliphatic rings. The molecule has 82 valence electrons. The highest BCUT2D eigenvalue weighted by Crippen LogP contribution is 2.25. The number of nitrogens with two attached hydrogens (primary N) is 1. The summed E-state index contributed by atoms with van der Waals surface area (Å²) in [6, 6.07) is 0.124. The predicted molar refractivity (Wildman–Crippen MR) is 60.8 cm³/mol. The number of hydrogen-bond acceptors (Lipinski definition) is 4. The van der Waals surface area contributed by atoms with Gasteiger partial charge in [0, 0.05) is 31.9 Å². The van der Waals surface area contributed by atoms with Gasteiger partial charge >= 0.3 is 0 Å². The van der Waals surface area contributed by atoms with Crippen LogP contribution in [0.2, 0.25) is 0 Å². The molecule has 1 heterocycles. The molecule has 0 spiro atoms. The van der Waals surface area contributed by atoms with E-state index in [2.05, 4.69) is 9.97 Å². The number of aromatic nitrogens is 2. The van der Waals surface area contributed by atoms with Crippen LogP contribution in [0.1, 0.15) is 36.6 Å². The molecule has 0 saturated carbocycles.